The molecule has 1 saturated heterocycles. The van der Waals surface area contributed by atoms with Crippen molar-refractivity contribution in [2.45, 2.75) is 20.3 Å². The Hall–Kier alpha value is -1.65. The third-order valence-electron chi connectivity index (χ3n) is 4.11. The monoisotopic (exact) mass is 495 g/mol. The predicted octanol–water partition coefficient (Wildman–Crippen LogP) is 2.20. The average Bonchev–Trinajstić information content (AvgIpc) is 2.65. The number of hydrogen-bond donors (Lipinski definition) is 2. The lowest BCUT2D eigenvalue weighted by atomic mass is 10.2. The smallest absolute Gasteiger partial charge is 0.241 e. The first-order valence-electron chi connectivity index (χ1n) is 9.05. The minimum atomic E-state index is -0.447. The summed E-state index contributed by atoms with van der Waals surface area (Å²) < 4.78 is 27.3. The van der Waals surface area contributed by atoms with Crippen LogP contribution >= 0.6 is 24.0 Å². The van der Waals surface area contributed by atoms with Crippen LogP contribution in [0, 0.1) is 11.6 Å². The van der Waals surface area contributed by atoms with Crippen molar-refractivity contribution in [3.05, 3.63) is 29.8 Å². The van der Waals surface area contributed by atoms with Gasteiger partial charge < -0.3 is 20.4 Å². The van der Waals surface area contributed by atoms with E-state index in [1.165, 1.54) is 6.07 Å². The van der Waals surface area contributed by atoms with E-state index >= 15 is 0 Å². The number of guanidine groups is 1. The van der Waals surface area contributed by atoms with Crippen molar-refractivity contribution in [2.75, 3.05) is 50.7 Å². The van der Waals surface area contributed by atoms with Gasteiger partial charge in [-0.25, -0.2) is 13.8 Å². The molecule has 27 heavy (non-hydrogen) atoms. The molecule has 0 saturated carbocycles. The number of hydrogen-bond acceptors (Lipinski definition) is 3. The Morgan fingerprint density at radius 2 is 1.85 bits per heavy atom. The molecule has 0 unspecified atom stereocenters. The van der Waals surface area contributed by atoms with Gasteiger partial charge in [0, 0.05) is 45.3 Å². The van der Waals surface area contributed by atoms with E-state index in [4.69, 9.17) is 0 Å². The Balaban J connectivity index is 0.00000364. The normalized spacial score (nSPS) is 14.6. The van der Waals surface area contributed by atoms with Crippen LogP contribution in [0.2, 0.25) is 0 Å². The summed E-state index contributed by atoms with van der Waals surface area (Å²) in [5, 5.41) is 5.98. The highest BCUT2D eigenvalue weighted by atomic mass is 127. The number of aliphatic imine (C=N–C) groups is 1. The average molecular weight is 495 g/mol. The molecule has 1 aliphatic heterocycles. The van der Waals surface area contributed by atoms with Gasteiger partial charge >= 0.3 is 0 Å². The fourth-order valence-electron chi connectivity index (χ4n) is 2.78. The van der Waals surface area contributed by atoms with Crippen LogP contribution in [-0.4, -0.2) is 62.6 Å². The molecule has 0 aliphatic carbocycles. The molecule has 0 spiro atoms. The molecular weight excluding hydrogens is 467 g/mol. The zero-order valence-corrected chi connectivity index (χ0v) is 18.1. The Morgan fingerprint density at radius 3 is 2.48 bits per heavy atom. The van der Waals surface area contributed by atoms with Crippen LogP contribution in [0.3, 0.4) is 0 Å². The van der Waals surface area contributed by atoms with Gasteiger partial charge in [0.25, 0.3) is 0 Å². The maximum atomic E-state index is 13.9. The van der Waals surface area contributed by atoms with Crippen LogP contribution in [0.4, 0.5) is 14.5 Å². The third kappa shape index (κ3) is 7.11. The number of piperazine rings is 1. The van der Waals surface area contributed by atoms with E-state index in [1.54, 1.807) is 0 Å². The molecule has 6 nitrogen and oxygen atoms in total. The molecule has 2 rings (SSSR count). The van der Waals surface area contributed by atoms with E-state index in [0.29, 0.717) is 45.2 Å². The Morgan fingerprint density at radius 1 is 1.15 bits per heavy atom. The first-order valence-corrected chi connectivity index (χ1v) is 9.05. The zero-order valence-electron chi connectivity index (χ0n) is 15.8. The Labute approximate surface area is 176 Å². The van der Waals surface area contributed by atoms with Gasteiger partial charge in [0.1, 0.15) is 18.2 Å². The highest BCUT2D eigenvalue weighted by Gasteiger charge is 2.22. The summed E-state index contributed by atoms with van der Waals surface area (Å²) in [5.41, 5.74) is 0.283. The summed E-state index contributed by atoms with van der Waals surface area (Å²) in [6.45, 7) is 7.67. The molecule has 0 atom stereocenters. The summed E-state index contributed by atoms with van der Waals surface area (Å²) in [6.07, 6.45) is 0.883. The zero-order chi connectivity index (χ0) is 18.9. The van der Waals surface area contributed by atoms with Crippen molar-refractivity contribution in [3.63, 3.8) is 0 Å². The maximum absolute atomic E-state index is 13.9. The molecule has 1 aromatic carbocycles. The van der Waals surface area contributed by atoms with Crippen LogP contribution < -0.4 is 15.5 Å². The number of rotatable bonds is 6. The first-order chi connectivity index (χ1) is 12.5. The number of halogens is 3. The minimum Gasteiger partial charge on any atom is -0.366 e. The lowest BCUT2D eigenvalue weighted by Crippen LogP contribution is -2.53. The molecule has 1 fully saturated rings. The molecule has 152 valence electrons. The van der Waals surface area contributed by atoms with Crippen molar-refractivity contribution in [1.29, 1.82) is 0 Å². The summed E-state index contributed by atoms with van der Waals surface area (Å²) in [7, 11) is 0. The van der Waals surface area contributed by atoms with Gasteiger partial charge in [-0.2, -0.15) is 0 Å². The van der Waals surface area contributed by atoms with Gasteiger partial charge in [-0.15, -0.1) is 24.0 Å². The van der Waals surface area contributed by atoms with Crippen molar-refractivity contribution in [2.24, 2.45) is 4.99 Å². The van der Waals surface area contributed by atoms with Crippen molar-refractivity contribution >= 4 is 41.5 Å². The molecule has 1 amide bonds. The molecule has 2 N–H and O–H groups in total. The van der Waals surface area contributed by atoms with Crippen LogP contribution in [-0.2, 0) is 4.79 Å². The van der Waals surface area contributed by atoms with Crippen molar-refractivity contribution < 1.29 is 13.6 Å². The predicted molar refractivity (Wildman–Crippen MR) is 115 cm³/mol. The minimum absolute atomic E-state index is 0. The fourth-order valence-corrected chi connectivity index (χ4v) is 2.78. The van der Waals surface area contributed by atoms with Gasteiger partial charge in [0.05, 0.1) is 5.69 Å². The van der Waals surface area contributed by atoms with E-state index < -0.39 is 11.6 Å². The summed E-state index contributed by atoms with van der Waals surface area (Å²) in [4.78, 5) is 20.0. The van der Waals surface area contributed by atoms with Gasteiger partial charge in [0.15, 0.2) is 5.96 Å². The Kier molecular flexibility index (Phi) is 10.3. The van der Waals surface area contributed by atoms with Crippen LogP contribution in [0.1, 0.15) is 20.3 Å². The number of carbonyl (C=O) groups excluding carboxylic acids is 1. The van der Waals surface area contributed by atoms with Crippen LogP contribution in [0.25, 0.3) is 0 Å². The number of benzene rings is 1. The van der Waals surface area contributed by atoms with Gasteiger partial charge in [-0.3, -0.25) is 4.79 Å². The highest BCUT2D eigenvalue weighted by Crippen LogP contribution is 2.21. The summed E-state index contributed by atoms with van der Waals surface area (Å²) in [6, 6.07) is 3.49. The van der Waals surface area contributed by atoms with E-state index in [2.05, 4.69) is 15.6 Å². The van der Waals surface area contributed by atoms with E-state index in [1.807, 2.05) is 23.6 Å². The molecule has 0 aromatic heterocycles. The van der Waals surface area contributed by atoms with E-state index in [9.17, 15) is 13.6 Å². The summed E-state index contributed by atoms with van der Waals surface area (Å²) in [5.74, 6) is -0.314. The van der Waals surface area contributed by atoms with Gasteiger partial charge in [-0.1, -0.05) is 6.92 Å². The SMILES string of the molecule is CCCNC(=O)CN=C(NCC)N1CCN(c2cc(F)ccc2F)CC1.I. The third-order valence-corrected chi connectivity index (χ3v) is 4.11. The van der Waals surface area contributed by atoms with Crippen molar-refractivity contribution in [3.8, 4) is 0 Å². The number of nitrogens with zero attached hydrogens (tertiary/aromatic N) is 3. The second-order valence-corrected chi connectivity index (χ2v) is 6.09. The van der Waals surface area contributed by atoms with Crippen LogP contribution in [0.15, 0.2) is 23.2 Å². The molecule has 1 aliphatic rings. The fraction of sp³-hybridized carbons (Fsp3) is 0.556. The largest absolute Gasteiger partial charge is 0.366 e. The standard InChI is InChI=1S/C18H27F2N5O.HI/c1-3-7-22-17(26)13-23-18(21-4-2)25-10-8-24(9-11-25)16-12-14(19)5-6-15(16)20;/h5-6,12H,3-4,7-11,13H2,1-2H3,(H,21,23)(H,22,26);1H. The molecule has 9 heteroatoms. The molecule has 0 bridgehead atoms. The topological polar surface area (TPSA) is 60.0 Å². The lowest BCUT2D eigenvalue weighted by Gasteiger charge is -2.37. The van der Waals surface area contributed by atoms with Gasteiger partial charge in [0.2, 0.25) is 5.91 Å². The number of carbonyl (C=O) groups is 1. The van der Waals surface area contributed by atoms with E-state index in [0.717, 1.165) is 18.6 Å². The van der Waals surface area contributed by atoms with Crippen LogP contribution in [0.5, 0.6) is 0 Å². The highest BCUT2D eigenvalue weighted by molar-refractivity contribution is 14.0. The summed E-state index contributed by atoms with van der Waals surface area (Å²) >= 11 is 0. The Bertz CT molecular complexity index is 636. The van der Waals surface area contributed by atoms with Gasteiger partial charge in [-0.05, 0) is 25.5 Å². The maximum Gasteiger partial charge on any atom is 0.241 e. The van der Waals surface area contributed by atoms with Crippen molar-refractivity contribution in [1.82, 2.24) is 15.5 Å². The molecular formula is C18H28F2IN5O. The second kappa shape index (κ2) is 11.9. The lowest BCUT2D eigenvalue weighted by molar-refractivity contribution is -0.119. The second-order valence-electron chi connectivity index (χ2n) is 6.09. The molecule has 1 heterocycles. The number of anilines is 1. The first kappa shape index (κ1) is 23.4. The number of amides is 1. The van der Waals surface area contributed by atoms with E-state index in [-0.39, 0.29) is 42.1 Å². The molecule has 0 radical (unpaired) electrons. The number of nitrogens with one attached hydrogen (secondary N) is 2. The quantitative estimate of drug-likeness (QED) is 0.361. The molecule has 1 aromatic rings.